The second kappa shape index (κ2) is 4.10. The van der Waals surface area contributed by atoms with Gasteiger partial charge in [-0.3, -0.25) is 0 Å². The summed E-state index contributed by atoms with van der Waals surface area (Å²) < 4.78 is 0. The molecule has 1 heterocycles. The second-order valence-electron chi connectivity index (χ2n) is 4.49. The summed E-state index contributed by atoms with van der Waals surface area (Å²) in [6.07, 6.45) is 2.59. The van der Waals surface area contributed by atoms with E-state index in [1.165, 1.54) is 23.4 Å². The Morgan fingerprint density at radius 2 is 2.20 bits per heavy atom. The van der Waals surface area contributed by atoms with Crippen molar-refractivity contribution in [2.24, 2.45) is 5.73 Å². The number of hydrogen-bond acceptors (Lipinski definition) is 4. The Morgan fingerprint density at radius 1 is 1.53 bits per heavy atom. The van der Waals surface area contributed by atoms with Crippen molar-refractivity contribution in [2.75, 3.05) is 11.9 Å². The molecule has 1 fully saturated rings. The molecule has 1 aromatic heterocycles. The zero-order valence-electron chi connectivity index (χ0n) is 9.66. The highest BCUT2D eigenvalue weighted by molar-refractivity contribution is 7.15. The molecule has 0 amide bonds. The predicted molar refractivity (Wildman–Crippen MR) is 65.5 cm³/mol. The first-order chi connectivity index (χ1) is 7.13. The van der Waals surface area contributed by atoms with Crippen LogP contribution < -0.4 is 10.6 Å². The smallest absolute Gasteiger partial charge is 0.185 e. The van der Waals surface area contributed by atoms with E-state index in [-0.39, 0.29) is 0 Å². The fraction of sp³-hybridized carbons (Fsp3) is 0.727. The summed E-state index contributed by atoms with van der Waals surface area (Å²) in [7, 11) is 2.10. The lowest BCUT2D eigenvalue weighted by Gasteiger charge is -2.19. The molecule has 1 aliphatic rings. The third kappa shape index (κ3) is 2.16. The van der Waals surface area contributed by atoms with Crippen LogP contribution in [0.4, 0.5) is 5.13 Å². The van der Waals surface area contributed by atoms with E-state index in [2.05, 4.69) is 25.8 Å². The van der Waals surface area contributed by atoms with E-state index >= 15 is 0 Å². The molecule has 0 radical (unpaired) electrons. The molecule has 0 atom stereocenters. The van der Waals surface area contributed by atoms with Crippen LogP contribution in [0.5, 0.6) is 0 Å². The van der Waals surface area contributed by atoms with Crippen LogP contribution in [0.15, 0.2) is 0 Å². The van der Waals surface area contributed by atoms with Gasteiger partial charge in [-0.1, -0.05) is 0 Å². The standard InChI is InChI=1S/C11H19N3S/c1-7(2)14(3)11-13-10(8-4-5-8)9(6-12)15-11/h7-8H,4-6,12H2,1-3H3. The van der Waals surface area contributed by atoms with Crippen LogP contribution in [0.3, 0.4) is 0 Å². The van der Waals surface area contributed by atoms with Crippen molar-refractivity contribution in [3.63, 3.8) is 0 Å². The lowest BCUT2D eigenvalue weighted by molar-refractivity contribution is 0.749. The van der Waals surface area contributed by atoms with Crippen LogP contribution >= 0.6 is 11.3 Å². The van der Waals surface area contributed by atoms with E-state index in [1.54, 1.807) is 11.3 Å². The summed E-state index contributed by atoms with van der Waals surface area (Å²) in [6.45, 7) is 5.00. The number of nitrogens with two attached hydrogens (primary N) is 1. The first kappa shape index (κ1) is 10.9. The van der Waals surface area contributed by atoms with E-state index in [0.717, 1.165) is 5.13 Å². The van der Waals surface area contributed by atoms with Crippen molar-refractivity contribution >= 4 is 16.5 Å². The van der Waals surface area contributed by atoms with Crippen molar-refractivity contribution in [2.45, 2.75) is 45.2 Å². The largest absolute Gasteiger partial charge is 0.349 e. The first-order valence-electron chi connectivity index (χ1n) is 5.56. The van der Waals surface area contributed by atoms with Crippen molar-refractivity contribution in [1.82, 2.24) is 4.98 Å². The molecule has 0 aliphatic heterocycles. The summed E-state index contributed by atoms with van der Waals surface area (Å²) in [4.78, 5) is 8.22. The lowest BCUT2D eigenvalue weighted by Crippen LogP contribution is -2.25. The number of rotatable bonds is 4. The molecule has 0 spiro atoms. The van der Waals surface area contributed by atoms with E-state index in [4.69, 9.17) is 10.7 Å². The molecule has 0 aromatic carbocycles. The van der Waals surface area contributed by atoms with Gasteiger partial charge in [0.25, 0.3) is 0 Å². The normalized spacial score (nSPS) is 16.1. The number of hydrogen-bond donors (Lipinski definition) is 1. The van der Waals surface area contributed by atoms with Crippen LogP contribution in [-0.4, -0.2) is 18.1 Å². The Morgan fingerprint density at radius 3 is 2.67 bits per heavy atom. The van der Waals surface area contributed by atoms with Gasteiger partial charge in [-0.2, -0.15) is 0 Å². The van der Waals surface area contributed by atoms with Crippen LogP contribution in [0.25, 0.3) is 0 Å². The molecule has 2 rings (SSSR count). The summed E-state index contributed by atoms with van der Waals surface area (Å²) in [5.74, 6) is 0.703. The molecule has 0 unspecified atom stereocenters. The van der Waals surface area contributed by atoms with Crippen LogP contribution in [0.2, 0.25) is 0 Å². The van der Waals surface area contributed by atoms with Gasteiger partial charge in [-0.15, -0.1) is 11.3 Å². The molecule has 1 saturated carbocycles. The Balaban J connectivity index is 2.25. The number of nitrogens with zero attached hydrogens (tertiary/aromatic N) is 2. The SMILES string of the molecule is CC(C)N(C)c1nc(C2CC2)c(CN)s1. The van der Waals surface area contributed by atoms with E-state index in [9.17, 15) is 0 Å². The van der Waals surface area contributed by atoms with E-state index in [1.807, 2.05) is 0 Å². The maximum absolute atomic E-state index is 5.76. The molecule has 4 heteroatoms. The molecule has 1 aromatic rings. The predicted octanol–water partition coefficient (Wildman–Crippen LogP) is 2.32. The van der Waals surface area contributed by atoms with Crippen LogP contribution in [0, 0.1) is 0 Å². The summed E-state index contributed by atoms with van der Waals surface area (Å²) in [5.41, 5.74) is 7.03. The molecule has 84 valence electrons. The minimum Gasteiger partial charge on any atom is -0.349 e. The Labute approximate surface area is 95.3 Å². The highest BCUT2D eigenvalue weighted by Crippen LogP contribution is 2.44. The Hall–Kier alpha value is -0.610. The van der Waals surface area contributed by atoms with Crippen molar-refractivity contribution in [3.8, 4) is 0 Å². The maximum atomic E-state index is 5.76. The first-order valence-corrected chi connectivity index (χ1v) is 6.37. The summed E-state index contributed by atoms with van der Waals surface area (Å²) in [5, 5.41) is 1.12. The molecule has 2 N–H and O–H groups in total. The Bertz CT molecular complexity index is 342. The van der Waals surface area contributed by atoms with Gasteiger partial charge in [0.15, 0.2) is 5.13 Å². The van der Waals surface area contributed by atoms with Gasteiger partial charge in [0.05, 0.1) is 5.69 Å². The van der Waals surface area contributed by atoms with Gasteiger partial charge >= 0.3 is 0 Å². The van der Waals surface area contributed by atoms with Gasteiger partial charge in [0.1, 0.15) is 0 Å². The number of anilines is 1. The fourth-order valence-electron chi connectivity index (χ4n) is 1.54. The third-order valence-electron chi connectivity index (χ3n) is 2.94. The van der Waals surface area contributed by atoms with Crippen molar-refractivity contribution < 1.29 is 0 Å². The molecular formula is C11H19N3S. The van der Waals surface area contributed by atoms with Gasteiger partial charge in [0.2, 0.25) is 0 Å². The second-order valence-corrected chi connectivity index (χ2v) is 5.55. The minimum absolute atomic E-state index is 0.494. The summed E-state index contributed by atoms with van der Waals surface area (Å²) >= 11 is 1.75. The highest BCUT2D eigenvalue weighted by Gasteiger charge is 2.29. The van der Waals surface area contributed by atoms with Crippen molar-refractivity contribution in [3.05, 3.63) is 10.6 Å². The minimum atomic E-state index is 0.494. The molecule has 3 nitrogen and oxygen atoms in total. The average Bonchev–Trinajstić information content (AvgIpc) is 2.96. The number of aromatic nitrogens is 1. The average molecular weight is 225 g/mol. The lowest BCUT2D eigenvalue weighted by atomic mass is 10.2. The quantitative estimate of drug-likeness (QED) is 0.855. The maximum Gasteiger partial charge on any atom is 0.185 e. The molecule has 0 saturated heterocycles. The summed E-state index contributed by atoms with van der Waals surface area (Å²) in [6, 6.07) is 0.494. The van der Waals surface area contributed by atoms with Gasteiger partial charge in [0, 0.05) is 30.4 Å². The van der Waals surface area contributed by atoms with Crippen LogP contribution in [0.1, 0.15) is 43.2 Å². The highest BCUT2D eigenvalue weighted by atomic mass is 32.1. The zero-order valence-corrected chi connectivity index (χ0v) is 10.5. The molecule has 1 aliphatic carbocycles. The van der Waals surface area contributed by atoms with Gasteiger partial charge in [-0.05, 0) is 26.7 Å². The van der Waals surface area contributed by atoms with Crippen molar-refractivity contribution in [1.29, 1.82) is 0 Å². The fourth-order valence-corrected chi connectivity index (χ4v) is 2.66. The van der Waals surface area contributed by atoms with E-state index in [0.29, 0.717) is 18.5 Å². The van der Waals surface area contributed by atoms with Gasteiger partial charge in [-0.25, -0.2) is 4.98 Å². The monoisotopic (exact) mass is 225 g/mol. The topological polar surface area (TPSA) is 42.2 Å². The van der Waals surface area contributed by atoms with Gasteiger partial charge < -0.3 is 10.6 Å². The third-order valence-corrected chi connectivity index (χ3v) is 4.13. The van der Waals surface area contributed by atoms with Crippen LogP contribution in [-0.2, 0) is 6.54 Å². The number of thiazole rings is 1. The molecule has 0 bridgehead atoms. The Kier molecular flexibility index (Phi) is 2.98. The molecule has 15 heavy (non-hydrogen) atoms. The molecular weight excluding hydrogens is 206 g/mol. The zero-order chi connectivity index (χ0) is 11.0. The van der Waals surface area contributed by atoms with E-state index < -0.39 is 0 Å².